The number of benzene rings is 1. The molecule has 0 unspecified atom stereocenters. The highest BCUT2D eigenvalue weighted by molar-refractivity contribution is 7.90. The molecular weight excluding hydrogens is 392 g/mol. The Hall–Kier alpha value is -3.07. The molecule has 1 aromatic carbocycles. The van der Waals surface area contributed by atoms with Crippen molar-refractivity contribution in [1.29, 1.82) is 0 Å². The summed E-state index contributed by atoms with van der Waals surface area (Å²) in [6.07, 6.45) is 6.00. The molecule has 0 bridgehead atoms. The number of aromatic amines is 1. The number of carbonyl (C=O) groups excluding carboxylic acids is 1. The Morgan fingerprint density at radius 2 is 1.83 bits per heavy atom. The van der Waals surface area contributed by atoms with Gasteiger partial charge in [-0.15, -0.1) is 0 Å². The third-order valence-electron chi connectivity index (χ3n) is 5.89. The first-order valence-electron chi connectivity index (χ1n) is 9.24. The van der Waals surface area contributed by atoms with E-state index in [0.29, 0.717) is 27.8 Å². The van der Waals surface area contributed by atoms with Crippen LogP contribution >= 0.6 is 0 Å². The second kappa shape index (κ2) is 5.50. The van der Waals surface area contributed by atoms with Gasteiger partial charge >= 0.3 is 0 Å². The summed E-state index contributed by atoms with van der Waals surface area (Å²) in [5.74, 6) is -0.0612. The fourth-order valence-electron chi connectivity index (χ4n) is 4.09. The summed E-state index contributed by atoms with van der Waals surface area (Å²) in [6, 6.07) is 4.95. The number of aryl methyl sites for hydroxylation is 1. The van der Waals surface area contributed by atoms with Crippen LogP contribution in [0, 0.1) is 0 Å². The molecule has 1 amide bonds. The maximum absolute atomic E-state index is 12.8. The highest BCUT2D eigenvalue weighted by Crippen LogP contribution is 2.51. The minimum absolute atomic E-state index is 0.0612. The van der Waals surface area contributed by atoms with Crippen molar-refractivity contribution in [3.8, 4) is 11.1 Å². The number of hydrogen-bond acceptors (Lipinski definition) is 5. The SMILES string of the molecule is CN1C(=O)C2(CC2)Nc2c(-c3cn(C)c(=O)c4[nH]ccc34)cc(S(C)(=O)=O)cc21. The maximum atomic E-state index is 12.8. The number of anilines is 2. The van der Waals surface area contributed by atoms with Crippen molar-refractivity contribution in [2.45, 2.75) is 23.3 Å². The van der Waals surface area contributed by atoms with Crippen molar-refractivity contribution in [1.82, 2.24) is 9.55 Å². The van der Waals surface area contributed by atoms with Crippen LogP contribution in [-0.4, -0.2) is 42.7 Å². The Morgan fingerprint density at radius 1 is 1.10 bits per heavy atom. The van der Waals surface area contributed by atoms with Crippen LogP contribution < -0.4 is 15.8 Å². The average Bonchev–Trinajstić information content (AvgIpc) is 3.26. The van der Waals surface area contributed by atoms with Gasteiger partial charge in [-0.25, -0.2) is 8.42 Å². The summed E-state index contributed by atoms with van der Waals surface area (Å²) in [5.41, 5.74) is 2.25. The van der Waals surface area contributed by atoms with Gasteiger partial charge in [0.2, 0.25) is 0 Å². The van der Waals surface area contributed by atoms with Crippen LogP contribution in [0.5, 0.6) is 0 Å². The Labute approximate surface area is 167 Å². The van der Waals surface area contributed by atoms with Crippen molar-refractivity contribution in [2.24, 2.45) is 7.05 Å². The second-order valence-electron chi connectivity index (χ2n) is 7.93. The molecule has 1 aliphatic carbocycles. The van der Waals surface area contributed by atoms with Crippen LogP contribution in [0.1, 0.15) is 12.8 Å². The van der Waals surface area contributed by atoms with Crippen molar-refractivity contribution in [3.05, 3.63) is 40.9 Å². The molecule has 3 aromatic rings. The maximum Gasteiger partial charge on any atom is 0.274 e. The van der Waals surface area contributed by atoms with E-state index in [4.69, 9.17) is 0 Å². The Morgan fingerprint density at radius 3 is 2.48 bits per heavy atom. The number of fused-ring (bicyclic) bond motifs is 2. The molecular formula is C20H20N4O4S. The normalized spacial score (nSPS) is 17.5. The molecule has 1 spiro atoms. The third kappa shape index (κ3) is 2.46. The van der Waals surface area contributed by atoms with E-state index in [-0.39, 0.29) is 16.4 Å². The number of amides is 1. The lowest BCUT2D eigenvalue weighted by Crippen LogP contribution is -2.47. The zero-order valence-electron chi connectivity index (χ0n) is 16.2. The topological polar surface area (TPSA) is 104 Å². The minimum Gasteiger partial charge on any atom is -0.369 e. The van der Waals surface area contributed by atoms with Gasteiger partial charge < -0.3 is 19.8 Å². The first-order chi connectivity index (χ1) is 13.6. The molecule has 1 fully saturated rings. The van der Waals surface area contributed by atoms with Gasteiger partial charge in [-0.3, -0.25) is 9.59 Å². The fraction of sp³-hybridized carbons (Fsp3) is 0.300. The largest absolute Gasteiger partial charge is 0.369 e. The number of hydrogen-bond donors (Lipinski definition) is 2. The number of H-pyrrole nitrogens is 1. The first-order valence-corrected chi connectivity index (χ1v) is 11.1. The number of nitrogens with zero attached hydrogens (tertiary/aromatic N) is 2. The molecule has 0 atom stereocenters. The molecule has 29 heavy (non-hydrogen) atoms. The van der Waals surface area contributed by atoms with Gasteiger partial charge in [-0.1, -0.05) is 0 Å². The highest BCUT2D eigenvalue weighted by atomic mass is 32.2. The summed E-state index contributed by atoms with van der Waals surface area (Å²) in [5, 5.41) is 4.08. The van der Waals surface area contributed by atoms with Crippen LogP contribution in [-0.2, 0) is 21.7 Å². The minimum atomic E-state index is -3.52. The van der Waals surface area contributed by atoms with E-state index < -0.39 is 15.4 Å². The van der Waals surface area contributed by atoms with E-state index in [1.165, 1.54) is 15.5 Å². The third-order valence-corrected chi connectivity index (χ3v) is 6.99. The van der Waals surface area contributed by atoms with Crippen molar-refractivity contribution in [2.75, 3.05) is 23.5 Å². The molecule has 5 rings (SSSR count). The Balaban J connectivity index is 1.89. The summed E-state index contributed by atoms with van der Waals surface area (Å²) >= 11 is 0. The fourth-order valence-corrected chi connectivity index (χ4v) is 4.75. The van der Waals surface area contributed by atoms with Gasteiger partial charge in [0.15, 0.2) is 9.84 Å². The molecule has 2 N–H and O–H groups in total. The predicted molar refractivity (Wildman–Crippen MR) is 111 cm³/mol. The van der Waals surface area contributed by atoms with Crippen LogP contribution in [0.4, 0.5) is 11.4 Å². The summed E-state index contributed by atoms with van der Waals surface area (Å²) < 4.78 is 26.2. The molecule has 0 radical (unpaired) electrons. The van der Waals surface area contributed by atoms with Gasteiger partial charge in [0.1, 0.15) is 11.1 Å². The van der Waals surface area contributed by atoms with E-state index in [1.807, 2.05) is 0 Å². The predicted octanol–water partition coefficient (Wildman–Crippen LogP) is 1.86. The first kappa shape index (κ1) is 18.0. The van der Waals surface area contributed by atoms with Crippen molar-refractivity contribution >= 4 is 38.0 Å². The zero-order chi connectivity index (χ0) is 20.7. The lowest BCUT2D eigenvalue weighted by atomic mass is 9.97. The van der Waals surface area contributed by atoms with Crippen LogP contribution in [0.2, 0.25) is 0 Å². The van der Waals surface area contributed by atoms with Gasteiger partial charge in [0.05, 0.1) is 16.3 Å². The van der Waals surface area contributed by atoms with Crippen molar-refractivity contribution < 1.29 is 13.2 Å². The number of carbonyl (C=O) groups is 1. The van der Waals surface area contributed by atoms with Gasteiger partial charge in [0.25, 0.3) is 11.5 Å². The summed E-state index contributed by atoms with van der Waals surface area (Å²) in [7, 11) is -0.193. The number of pyridine rings is 1. The molecule has 150 valence electrons. The number of nitrogens with one attached hydrogen (secondary N) is 2. The highest BCUT2D eigenvalue weighted by Gasteiger charge is 2.55. The summed E-state index contributed by atoms with van der Waals surface area (Å²) in [4.78, 5) is 29.9. The molecule has 2 aromatic heterocycles. The van der Waals surface area contributed by atoms with Crippen molar-refractivity contribution in [3.63, 3.8) is 0 Å². The van der Waals surface area contributed by atoms with E-state index >= 15 is 0 Å². The number of rotatable bonds is 2. The van der Waals surface area contributed by atoms with Crippen LogP contribution in [0.25, 0.3) is 22.0 Å². The Bertz CT molecular complexity index is 1380. The van der Waals surface area contributed by atoms with E-state index in [2.05, 4.69) is 10.3 Å². The number of likely N-dealkylation sites (N-methyl/N-ethyl adjacent to an activating group) is 1. The average molecular weight is 412 g/mol. The van der Waals surface area contributed by atoms with Gasteiger partial charge in [-0.2, -0.15) is 0 Å². The quantitative estimate of drug-likeness (QED) is 0.669. The molecule has 8 nitrogen and oxygen atoms in total. The second-order valence-corrected chi connectivity index (χ2v) is 9.95. The number of aromatic nitrogens is 2. The molecule has 3 heterocycles. The standard InChI is InChI=1S/C20H20N4O4S/c1-23-10-14(12-4-7-21-17(12)18(23)25)13-8-11(29(3,27)28)9-15-16(13)22-20(5-6-20)19(26)24(15)2/h4,7-10,21-22H,5-6H2,1-3H3. The molecule has 1 saturated carbocycles. The smallest absolute Gasteiger partial charge is 0.274 e. The lowest BCUT2D eigenvalue weighted by molar-refractivity contribution is -0.120. The Kier molecular flexibility index (Phi) is 3.41. The molecule has 1 aliphatic heterocycles. The van der Waals surface area contributed by atoms with Crippen LogP contribution in [0.15, 0.2) is 40.3 Å². The molecule has 0 saturated heterocycles. The monoisotopic (exact) mass is 412 g/mol. The molecule has 9 heteroatoms. The van der Waals surface area contributed by atoms with Gasteiger partial charge in [0, 0.05) is 49.3 Å². The van der Waals surface area contributed by atoms with E-state index in [9.17, 15) is 18.0 Å². The summed E-state index contributed by atoms with van der Waals surface area (Å²) in [6.45, 7) is 0. The number of sulfone groups is 1. The van der Waals surface area contributed by atoms with E-state index in [1.54, 1.807) is 38.6 Å². The van der Waals surface area contributed by atoms with Gasteiger partial charge in [-0.05, 0) is 31.0 Å². The zero-order valence-corrected chi connectivity index (χ0v) is 17.1. The van der Waals surface area contributed by atoms with Crippen LogP contribution in [0.3, 0.4) is 0 Å². The van der Waals surface area contributed by atoms with E-state index in [0.717, 1.165) is 24.7 Å². The molecule has 2 aliphatic rings. The lowest BCUT2D eigenvalue weighted by Gasteiger charge is -2.35.